The summed E-state index contributed by atoms with van der Waals surface area (Å²) in [6, 6.07) is 17.0. The highest BCUT2D eigenvalue weighted by Gasteiger charge is 2.26. The van der Waals surface area contributed by atoms with Crippen LogP contribution in [0.2, 0.25) is 0 Å². The first-order chi connectivity index (χ1) is 17.6. The van der Waals surface area contributed by atoms with Crippen molar-refractivity contribution in [3.05, 3.63) is 71.9 Å². The Bertz CT molecular complexity index is 1360. The Hall–Kier alpha value is -3.95. The molecule has 4 N–H and O–H groups in total. The first-order valence-corrected chi connectivity index (χ1v) is 11.9. The van der Waals surface area contributed by atoms with Gasteiger partial charge in [0.2, 0.25) is 0 Å². The van der Waals surface area contributed by atoms with Crippen LogP contribution in [0, 0.1) is 0 Å². The third-order valence-electron chi connectivity index (χ3n) is 6.58. The number of fused-ring (bicyclic) bond motifs is 1. The largest absolute Gasteiger partial charge is 0.496 e. The average molecular weight is 488 g/mol. The zero-order chi connectivity index (χ0) is 25.1. The molecule has 36 heavy (non-hydrogen) atoms. The molecule has 1 aliphatic rings. The fraction of sp³-hybridized carbons (Fsp3) is 0.296. The van der Waals surface area contributed by atoms with Crippen LogP contribution < -0.4 is 15.8 Å². The van der Waals surface area contributed by atoms with E-state index < -0.39 is 0 Å². The molecule has 0 aliphatic carbocycles. The standard InChI is InChI=1S/C27H29N5O4/c1-35-23-5-3-2-4-21(23)27(34)30-14-17-6-8-18(9-7-17)25-24-22(12-13-29-26(24)28)32(31-25)19-10-11-20(15-33)36-16-19/h2-9,12-13,19-20,33H,10-11,14-16H2,1H3,(H2,28,29)(H,30,34). The molecule has 4 aromatic rings. The molecule has 1 aliphatic heterocycles. The predicted molar refractivity (Wildman–Crippen MR) is 137 cm³/mol. The van der Waals surface area contributed by atoms with Crippen LogP contribution in [0.5, 0.6) is 5.75 Å². The maximum absolute atomic E-state index is 12.6. The van der Waals surface area contributed by atoms with Gasteiger partial charge in [-0.25, -0.2) is 4.98 Å². The van der Waals surface area contributed by atoms with Gasteiger partial charge in [-0.2, -0.15) is 5.10 Å². The van der Waals surface area contributed by atoms with Crippen molar-refractivity contribution in [3.8, 4) is 17.0 Å². The number of carbonyl (C=O) groups is 1. The first kappa shape index (κ1) is 23.8. The lowest BCUT2D eigenvalue weighted by molar-refractivity contribution is -0.0402. The number of carbonyl (C=O) groups excluding carboxylic acids is 1. The molecule has 0 radical (unpaired) electrons. The number of amides is 1. The number of hydrogen-bond acceptors (Lipinski definition) is 7. The van der Waals surface area contributed by atoms with Crippen molar-refractivity contribution in [1.29, 1.82) is 0 Å². The highest BCUT2D eigenvalue weighted by Crippen LogP contribution is 2.35. The lowest BCUT2D eigenvalue weighted by Gasteiger charge is -2.28. The zero-order valence-corrected chi connectivity index (χ0v) is 20.1. The molecule has 0 bridgehead atoms. The number of aliphatic hydroxyl groups is 1. The van der Waals surface area contributed by atoms with Crippen molar-refractivity contribution < 1.29 is 19.4 Å². The summed E-state index contributed by atoms with van der Waals surface area (Å²) in [5, 5.41) is 18.1. The van der Waals surface area contributed by atoms with E-state index in [4.69, 9.17) is 20.3 Å². The topological polar surface area (TPSA) is 125 Å². The number of nitrogens with two attached hydrogens (primary N) is 1. The van der Waals surface area contributed by atoms with Gasteiger partial charge in [-0.3, -0.25) is 9.48 Å². The van der Waals surface area contributed by atoms with E-state index in [1.807, 2.05) is 41.1 Å². The maximum Gasteiger partial charge on any atom is 0.255 e. The molecule has 1 saturated heterocycles. The monoisotopic (exact) mass is 487 g/mol. The van der Waals surface area contributed by atoms with E-state index >= 15 is 0 Å². The van der Waals surface area contributed by atoms with E-state index in [1.165, 1.54) is 0 Å². The Kier molecular flexibility index (Phi) is 6.84. The number of nitrogens with zero attached hydrogens (tertiary/aromatic N) is 3. The van der Waals surface area contributed by atoms with Gasteiger partial charge in [-0.1, -0.05) is 36.4 Å². The molecule has 1 fully saturated rings. The summed E-state index contributed by atoms with van der Waals surface area (Å²) in [4.78, 5) is 16.9. The minimum absolute atomic E-state index is 0.0282. The average Bonchev–Trinajstić information content (AvgIpc) is 3.33. The summed E-state index contributed by atoms with van der Waals surface area (Å²) in [6.07, 6.45) is 3.19. The molecule has 2 aromatic heterocycles. The van der Waals surface area contributed by atoms with Gasteiger partial charge in [0.1, 0.15) is 17.3 Å². The second kappa shape index (κ2) is 10.3. The van der Waals surface area contributed by atoms with Crippen LogP contribution in [-0.2, 0) is 11.3 Å². The number of aliphatic hydroxyl groups excluding tert-OH is 1. The lowest BCUT2D eigenvalue weighted by atomic mass is 10.0. The summed E-state index contributed by atoms with van der Waals surface area (Å²) >= 11 is 0. The van der Waals surface area contributed by atoms with Crippen LogP contribution in [0.15, 0.2) is 60.8 Å². The van der Waals surface area contributed by atoms with Gasteiger partial charge < -0.3 is 25.6 Å². The van der Waals surface area contributed by atoms with Crippen molar-refractivity contribution in [2.45, 2.75) is 31.5 Å². The van der Waals surface area contributed by atoms with E-state index in [0.29, 0.717) is 30.3 Å². The summed E-state index contributed by atoms with van der Waals surface area (Å²) in [7, 11) is 1.55. The second-order valence-corrected chi connectivity index (χ2v) is 8.83. The Morgan fingerprint density at radius 2 is 2.00 bits per heavy atom. The number of benzene rings is 2. The number of nitrogens with one attached hydrogen (secondary N) is 1. The fourth-order valence-electron chi connectivity index (χ4n) is 4.61. The minimum atomic E-state index is -0.196. The van der Waals surface area contributed by atoms with Crippen LogP contribution in [0.4, 0.5) is 5.82 Å². The number of methoxy groups -OCH3 is 1. The van der Waals surface area contributed by atoms with Gasteiger partial charge in [0.05, 0.1) is 48.9 Å². The summed E-state index contributed by atoms with van der Waals surface area (Å²) in [5.41, 5.74) is 10.3. The van der Waals surface area contributed by atoms with Crippen LogP contribution in [0.3, 0.4) is 0 Å². The molecule has 1 amide bonds. The molecule has 0 saturated carbocycles. The second-order valence-electron chi connectivity index (χ2n) is 8.83. The molecule has 186 valence electrons. The third kappa shape index (κ3) is 4.62. The molecule has 9 nitrogen and oxygen atoms in total. The lowest BCUT2D eigenvalue weighted by Crippen LogP contribution is -2.30. The Morgan fingerprint density at radius 3 is 2.72 bits per heavy atom. The maximum atomic E-state index is 12.6. The Morgan fingerprint density at radius 1 is 1.19 bits per heavy atom. The van der Waals surface area contributed by atoms with E-state index in [-0.39, 0.29) is 24.7 Å². The normalized spacial score (nSPS) is 17.7. The van der Waals surface area contributed by atoms with E-state index in [0.717, 1.165) is 40.6 Å². The number of ether oxygens (including phenoxy) is 2. The van der Waals surface area contributed by atoms with Crippen LogP contribution in [0.25, 0.3) is 22.2 Å². The van der Waals surface area contributed by atoms with Crippen molar-refractivity contribution in [2.75, 3.05) is 26.1 Å². The molecular formula is C27H29N5O4. The number of rotatable bonds is 7. The van der Waals surface area contributed by atoms with Crippen LogP contribution in [0.1, 0.15) is 34.8 Å². The zero-order valence-electron chi connectivity index (χ0n) is 20.1. The first-order valence-electron chi connectivity index (χ1n) is 11.9. The van der Waals surface area contributed by atoms with Crippen LogP contribution >= 0.6 is 0 Å². The highest BCUT2D eigenvalue weighted by molar-refractivity contribution is 6.00. The predicted octanol–water partition coefficient (Wildman–Crippen LogP) is 3.33. The third-order valence-corrected chi connectivity index (χ3v) is 6.58. The number of pyridine rings is 1. The number of hydrogen-bond donors (Lipinski definition) is 3. The number of aromatic nitrogens is 3. The van der Waals surface area contributed by atoms with Gasteiger partial charge in [0, 0.05) is 18.3 Å². The van der Waals surface area contributed by atoms with E-state index in [1.54, 1.807) is 31.5 Å². The van der Waals surface area contributed by atoms with Crippen molar-refractivity contribution >= 4 is 22.6 Å². The summed E-state index contributed by atoms with van der Waals surface area (Å²) in [5.74, 6) is 0.763. The molecule has 3 heterocycles. The van der Waals surface area contributed by atoms with Crippen molar-refractivity contribution in [3.63, 3.8) is 0 Å². The van der Waals surface area contributed by atoms with E-state index in [9.17, 15) is 9.90 Å². The number of nitrogen functional groups attached to an aromatic ring is 1. The molecule has 9 heteroatoms. The molecule has 2 aromatic carbocycles. The highest BCUT2D eigenvalue weighted by atomic mass is 16.5. The van der Waals surface area contributed by atoms with Gasteiger partial charge in [-0.15, -0.1) is 0 Å². The van der Waals surface area contributed by atoms with Crippen molar-refractivity contribution in [2.24, 2.45) is 0 Å². The van der Waals surface area contributed by atoms with Gasteiger partial charge in [0.15, 0.2) is 0 Å². The molecule has 5 rings (SSSR count). The quantitative estimate of drug-likeness (QED) is 0.365. The summed E-state index contributed by atoms with van der Waals surface area (Å²) in [6.45, 7) is 0.885. The minimum Gasteiger partial charge on any atom is -0.496 e. The molecular weight excluding hydrogens is 458 g/mol. The SMILES string of the molecule is COc1ccccc1C(=O)NCc1ccc(-c2nn(C3CCC(CO)OC3)c3ccnc(N)c23)cc1. The summed E-state index contributed by atoms with van der Waals surface area (Å²) < 4.78 is 13.0. The van der Waals surface area contributed by atoms with Crippen LogP contribution in [-0.4, -0.2) is 52.2 Å². The Balaban J connectivity index is 1.37. The molecule has 0 spiro atoms. The molecule has 2 atom stereocenters. The molecule has 2 unspecified atom stereocenters. The van der Waals surface area contributed by atoms with Gasteiger partial charge in [0.25, 0.3) is 5.91 Å². The number of anilines is 1. The van der Waals surface area contributed by atoms with Crippen molar-refractivity contribution in [1.82, 2.24) is 20.1 Å². The van der Waals surface area contributed by atoms with Gasteiger partial charge in [-0.05, 0) is 36.6 Å². The Labute approximate surface area is 208 Å². The smallest absolute Gasteiger partial charge is 0.255 e. The van der Waals surface area contributed by atoms with Gasteiger partial charge >= 0.3 is 0 Å². The van der Waals surface area contributed by atoms with E-state index in [2.05, 4.69) is 10.3 Å². The fourth-order valence-corrected chi connectivity index (χ4v) is 4.61. The number of para-hydroxylation sites is 1.